The molecular weight excluding hydrogens is 362 g/mol. The second-order valence-corrected chi connectivity index (χ2v) is 6.35. The molecular formula is C19H25N5O4. The number of nitrogens with zero attached hydrogens (tertiary/aromatic N) is 1. The van der Waals surface area contributed by atoms with E-state index in [0.717, 1.165) is 23.7 Å². The van der Waals surface area contributed by atoms with Crippen LogP contribution >= 0.6 is 0 Å². The monoisotopic (exact) mass is 387 g/mol. The third kappa shape index (κ3) is 5.65. The van der Waals surface area contributed by atoms with E-state index in [0.29, 0.717) is 18.8 Å². The number of fused-ring (bicyclic) bond motifs is 1. The maximum Gasteiger partial charge on any atom is 0.303 e. The number of nitrogens with two attached hydrogens (primary N) is 2. The number of anilines is 1. The lowest BCUT2D eigenvalue weighted by Crippen LogP contribution is -2.44. The van der Waals surface area contributed by atoms with Crippen LogP contribution in [-0.2, 0) is 9.59 Å². The third-order valence-electron chi connectivity index (χ3n) is 4.25. The number of para-hydroxylation sites is 1. The van der Waals surface area contributed by atoms with Crippen molar-refractivity contribution in [2.45, 2.75) is 31.7 Å². The fourth-order valence-electron chi connectivity index (χ4n) is 2.78. The standard InChI is InChI=1S/C19H25N5O4/c20-9-3-4-10-22-17-12-5-1-2-6-14(12)23-11-13(17)19(28)24-15(18(21)27)7-8-16(25)26/h1-2,5-6,11,15H,3-4,7-10,20H2,(H2,21,27)(H,22,23)(H,24,28)(H,25,26)/t15-/m1/s1. The summed E-state index contributed by atoms with van der Waals surface area (Å²) in [6, 6.07) is 6.29. The van der Waals surface area contributed by atoms with Crippen LogP contribution in [0.1, 0.15) is 36.0 Å². The zero-order chi connectivity index (χ0) is 20.5. The van der Waals surface area contributed by atoms with E-state index in [2.05, 4.69) is 15.6 Å². The van der Waals surface area contributed by atoms with Crippen molar-refractivity contribution in [2.75, 3.05) is 18.4 Å². The maximum absolute atomic E-state index is 12.8. The molecule has 1 aromatic heterocycles. The Morgan fingerprint density at radius 1 is 1.18 bits per heavy atom. The predicted octanol–water partition coefficient (Wildman–Crippen LogP) is 0.834. The number of hydrogen-bond acceptors (Lipinski definition) is 6. The van der Waals surface area contributed by atoms with Gasteiger partial charge in [0.25, 0.3) is 5.91 Å². The number of amides is 2. The highest BCUT2D eigenvalue weighted by molar-refractivity contribution is 6.08. The summed E-state index contributed by atoms with van der Waals surface area (Å²) in [5.74, 6) is -2.41. The summed E-state index contributed by atoms with van der Waals surface area (Å²) in [5.41, 5.74) is 12.4. The molecule has 0 aliphatic carbocycles. The smallest absolute Gasteiger partial charge is 0.303 e. The summed E-state index contributed by atoms with van der Waals surface area (Å²) >= 11 is 0. The number of carboxylic acid groups (broad SMARTS) is 1. The normalized spacial score (nSPS) is 11.8. The van der Waals surface area contributed by atoms with Gasteiger partial charge in [0.05, 0.1) is 16.8 Å². The molecule has 1 atom stereocenters. The first kappa shape index (κ1) is 21.1. The van der Waals surface area contributed by atoms with Crippen LogP contribution in [0.25, 0.3) is 10.9 Å². The second kappa shape index (κ2) is 10.2. The van der Waals surface area contributed by atoms with E-state index in [1.165, 1.54) is 6.20 Å². The van der Waals surface area contributed by atoms with Crippen molar-refractivity contribution in [3.63, 3.8) is 0 Å². The highest BCUT2D eigenvalue weighted by Gasteiger charge is 2.22. The van der Waals surface area contributed by atoms with Gasteiger partial charge in [0.1, 0.15) is 6.04 Å². The van der Waals surface area contributed by atoms with Crippen molar-refractivity contribution in [1.82, 2.24) is 10.3 Å². The van der Waals surface area contributed by atoms with Gasteiger partial charge in [-0.25, -0.2) is 0 Å². The molecule has 2 aromatic rings. The van der Waals surface area contributed by atoms with E-state index in [-0.39, 0.29) is 18.4 Å². The molecule has 9 nitrogen and oxygen atoms in total. The number of carboxylic acids is 1. The van der Waals surface area contributed by atoms with Crippen LogP contribution < -0.4 is 22.1 Å². The molecule has 7 N–H and O–H groups in total. The van der Waals surface area contributed by atoms with E-state index < -0.39 is 23.8 Å². The van der Waals surface area contributed by atoms with Crippen molar-refractivity contribution in [2.24, 2.45) is 11.5 Å². The van der Waals surface area contributed by atoms with Gasteiger partial charge in [-0.05, 0) is 31.9 Å². The molecule has 0 saturated heterocycles. The van der Waals surface area contributed by atoms with E-state index in [1.54, 1.807) is 0 Å². The van der Waals surface area contributed by atoms with Crippen LogP contribution in [0.4, 0.5) is 5.69 Å². The Labute approximate surface area is 162 Å². The zero-order valence-corrected chi connectivity index (χ0v) is 15.5. The number of aliphatic carboxylic acids is 1. The van der Waals surface area contributed by atoms with Gasteiger partial charge in [-0.3, -0.25) is 19.4 Å². The number of hydrogen-bond donors (Lipinski definition) is 5. The number of carbonyl (C=O) groups excluding carboxylic acids is 2. The number of benzene rings is 1. The minimum absolute atomic E-state index is 0.0866. The first-order valence-corrected chi connectivity index (χ1v) is 9.07. The molecule has 2 amide bonds. The van der Waals surface area contributed by atoms with E-state index in [4.69, 9.17) is 16.6 Å². The molecule has 28 heavy (non-hydrogen) atoms. The fraction of sp³-hybridized carbons (Fsp3) is 0.368. The number of rotatable bonds is 11. The van der Waals surface area contributed by atoms with Crippen molar-refractivity contribution in [3.05, 3.63) is 36.0 Å². The average molecular weight is 387 g/mol. The Bertz CT molecular complexity index is 855. The average Bonchev–Trinajstić information content (AvgIpc) is 2.67. The Hall–Kier alpha value is -3.20. The number of pyridine rings is 1. The Kier molecular flexibility index (Phi) is 7.70. The molecule has 0 aliphatic rings. The summed E-state index contributed by atoms with van der Waals surface area (Å²) in [6.07, 6.45) is 2.73. The van der Waals surface area contributed by atoms with Crippen LogP contribution in [0.15, 0.2) is 30.5 Å². The van der Waals surface area contributed by atoms with Crippen LogP contribution in [-0.4, -0.2) is 47.0 Å². The Morgan fingerprint density at radius 2 is 1.93 bits per heavy atom. The van der Waals surface area contributed by atoms with Gasteiger partial charge in [0, 0.05) is 24.5 Å². The summed E-state index contributed by atoms with van der Waals surface area (Å²) < 4.78 is 0. The summed E-state index contributed by atoms with van der Waals surface area (Å²) in [4.78, 5) is 39.4. The van der Waals surface area contributed by atoms with E-state index in [1.807, 2.05) is 24.3 Å². The SMILES string of the molecule is NCCCCNc1c(C(=O)N[C@H](CCC(=O)O)C(N)=O)cnc2ccccc12. The first-order valence-electron chi connectivity index (χ1n) is 9.07. The van der Waals surface area contributed by atoms with Crippen molar-refractivity contribution in [3.8, 4) is 0 Å². The minimum Gasteiger partial charge on any atom is -0.481 e. The largest absolute Gasteiger partial charge is 0.481 e. The van der Waals surface area contributed by atoms with Crippen molar-refractivity contribution in [1.29, 1.82) is 0 Å². The van der Waals surface area contributed by atoms with E-state index in [9.17, 15) is 14.4 Å². The Balaban J connectivity index is 2.28. The van der Waals surface area contributed by atoms with Crippen LogP contribution in [0.3, 0.4) is 0 Å². The molecule has 0 unspecified atom stereocenters. The van der Waals surface area contributed by atoms with Crippen molar-refractivity contribution < 1.29 is 19.5 Å². The van der Waals surface area contributed by atoms with Crippen LogP contribution in [0, 0.1) is 0 Å². The molecule has 0 saturated carbocycles. The zero-order valence-electron chi connectivity index (χ0n) is 15.5. The van der Waals surface area contributed by atoms with Gasteiger partial charge in [-0.1, -0.05) is 18.2 Å². The van der Waals surface area contributed by atoms with Gasteiger partial charge in [0.2, 0.25) is 5.91 Å². The molecule has 0 aliphatic heterocycles. The fourth-order valence-corrected chi connectivity index (χ4v) is 2.78. The number of aromatic nitrogens is 1. The number of unbranched alkanes of at least 4 members (excludes halogenated alkanes) is 1. The van der Waals surface area contributed by atoms with Crippen LogP contribution in [0.2, 0.25) is 0 Å². The minimum atomic E-state index is -1.08. The summed E-state index contributed by atoms with van der Waals surface area (Å²) in [5, 5.41) is 15.3. The Morgan fingerprint density at radius 3 is 2.61 bits per heavy atom. The molecule has 1 heterocycles. The highest BCUT2D eigenvalue weighted by Crippen LogP contribution is 2.26. The first-order chi connectivity index (χ1) is 13.4. The molecule has 1 aromatic carbocycles. The molecule has 0 fully saturated rings. The maximum atomic E-state index is 12.8. The van der Waals surface area contributed by atoms with Gasteiger partial charge in [-0.2, -0.15) is 0 Å². The summed E-state index contributed by atoms with van der Waals surface area (Å²) in [7, 11) is 0. The highest BCUT2D eigenvalue weighted by atomic mass is 16.4. The number of nitrogens with one attached hydrogen (secondary N) is 2. The van der Waals surface area contributed by atoms with Crippen LogP contribution in [0.5, 0.6) is 0 Å². The second-order valence-electron chi connectivity index (χ2n) is 6.35. The van der Waals surface area contributed by atoms with Crippen molar-refractivity contribution >= 4 is 34.4 Å². The lowest BCUT2D eigenvalue weighted by molar-refractivity contribution is -0.137. The van der Waals surface area contributed by atoms with Gasteiger partial charge >= 0.3 is 5.97 Å². The molecule has 150 valence electrons. The van der Waals surface area contributed by atoms with Gasteiger partial charge < -0.3 is 27.2 Å². The van der Waals surface area contributed by atoms with E-state index >= 15 is 0 Å². The third-order valence-corrected chi connectivity index (χ3v) is 4.25. The predicted molar refractivity (Wildman–Crippen MR) is 106 cm³/mol. The number of carbonyl (C=O) groups is 3. The molecule has 9 heteroatoms. The molecule has 0 spiro atoms. The summed E-state index contributed by atoms with van der Waals surface area (Å²) in [6.45, 7) is 1.19. The lowest BCUT2D eigenvalue weighted by atomic mass is 10.1. The molecule has 0 radical (unpaired) electrons. The lowest BCUT2D eigenvalue weighted by Gasteiger charge is -2.18. The quantitative estimate of drug-likeness (QED) is 0.357. The molecule has 2 rings (SSSR count). The topological polar surface area (TPSA) is 160 Å². The van der Waals surface area contributed by atoms with Gasteiger partial charge in [-0.15, -0.1) is 0 Å². The molecule has 0 bridgehead atoms. The van der Waals surface area contributed by atoms with Gasteiger partial charge in [0.15, 0.2) is 0 Å². The number of primary amides is 1.